The van der Waals surface area contributed by atoms with Crippen molar-refractivity contribution in [1.82, 2.24) is 9.66 Å². The van der Waals surface area contributed by atoms with Crippen molar-refractivity contribution >= 4 is 21.7 Å². The number of nitrogens with zero attached hydrogens (tertiary/aromatic N) is 2. The molecule has 100 valence electrons. The van der Waals surface area contributed by atoms with Crippen molar-refractivity contribution in [2.75, 3.05) is 11.6 Å². The first kappa shape index (κ1) is 12.7. The lowest BCUT2D eigenvalue weighted by Gasteiger charge is -2.02. The van der Waals surface area contributed by atoms with Gasteiger partial charge < -0.3 is 11.6 Å². The summed E-state index contributed by atoms with van der Waals surface area (Å²) in [4.78, 5) is 4.58. The molecule has 20 heavy (non-hydrogen) atoms. The van der Waals surface area contributed by atoms with E-state index in [1.165, 1.54) is 4.68 Å². The third-order valence-corrected chi connectivity index (χ3v) is 3.57. The molecule has 3 aromatic rings. The maximum Gasteiger partial charge on any atom is 0.160 e. The molecule has 0 aliphatic heterocycles. The van der Waals surface area contributed by atoms with Gasteiger partial charge in [0.05, 0.1) is 0 Å². The smallest absolute Gasteiger partial charge is 0.160 e. The van der Waals surface area contributed by atoms with Crippen molar-refractivity contribution < 1.29 is 0 Å². The van der Waals surface area contributed by atoms with Crippen LogP contribution in [0, 0.1) is 0 Å². The summed E-state index contributed by atoms with van der Waals surface area (Å²) in [6.45, 7) is 0. The van der Waals surface area contributed by atoms with E-state index < -0.39 is 0 Å². The van der Waals surface area contributed by atoms with Gasteiger partial charge in [-0.05, 0) is 12.1 Å². The van der Waals surface area contributed by atoms with Crippen LogP contribution >= 0.6 is 15.9 Å². The van der Waals surface area contributed by atoms with Crippen LogP contribution in [0.3, 0.4) is 0 Å². The Morgan fingerprint density at radius 3 is 2.35 bits per heavy atom. The molecule has 4 N–H and O–H groups in total. The van der Waals surface area contributed by atoms with Crippen LogP contribution < -0.4 is 11.6 Å². The van der Waals surface area contributed by atoms with Crippen LogP contribution in [0.2, 0.25) is 0 Å². The first-order valence-corrected chi connectivity index (χ1v) is 6.91. The summed E-state index contributed by atoms with van der Waals surface area (Å²) in [6, 6.07) is 17.6. The Balaban J connectivity index is 2.16. The lowest BCUT2D eigenvalue weighted by atomic mass is 10.1. The molecule has 0 amide bonds. The van der Waals surface area contributed by atoms with Gasteiger partial charge in [0.15, 0.2) is 11.6 Å². The molecule has 1 heterocycles. The van der Waals surface area contributed by atoms with Gasteiger partial charge >= 0.3 is 0 Å². The minimum atomic E-state index is 0.446. The number of aromatic nitrogens is 2. The van der Waals surface area contributed by atoms with Crippen LogP contribution in [-0.4, -0.2) is 9.66 Å². The maximum atomic E-state index is 6.08. The van der Waals surface area contributed by atoms with Crippen LogP contribution in [-0.2, 0) is 0 Å². The predicted octanol–water partition coefficient (Wildman–Crippen LogP) is 3.28. The van der Waals surface area contributed by atoms with Gasteiger partial charge in [-0.25, -0.2) is 9.66 Å². The lowest BCUT2D eigenvalue weighted by Crippen LogP contribution is -2.13. The zero-order chi connectivity index (χ0) is 14.1. The number of halogens is 1. The maximum absolute atomic E-state index is 6.08. The molecule has 4 nitrogen and oxygen atoms in total. The number of nitrogen functional groups attached to an aromatic ring is 2. The van der Waals surface area contributed by atoms with E-state index in [0.29, 0.717) is 17.3 Å². The van der Waals surface area contributed by atoms with E-state index in [9.17, 15) is 0 Å². The highest BCUT2D eigenvalue weighted by atomic mass is 79.9. The number of imidazole rings is 1. The second-order valence-electron chi connectivity index (χ2n) is 4.42. The molecular weight excluding hydrogens is 316 g/mol. The molecule has 2 aromatic carbocycles. The topological polar surface area (TPSA) is 69.9 Å². The second-order valence-corrected chi connectivity index (χ2v) is 5.33. The summed E-state index contributed by atoms with van der Waals surface area (Å²) in [5.41, 5.74) is 8.63. The summed E-state index contributed by atoms with van der Waals surface area (Å²) in [6.07, 6.45) is 0. The highest BCUT2D eigenvalue weighted by molar-refractivity contribution is 9.10. The molecule has 0 unspecified atom stereocenters. The highest BCUT2D eigenvalue weighted by Crippen LogP contribution is 2.30. The van der Waals surface area contributed by atoms with Crippen LogP contribution in [0.25, 0.3) is 22.6 Å². The fraction of sp³-hybridized carbons (Fsp3) is 0. The summed E-state index contributed by atoms with van der Waals surface area (Å²) < 4.78 is 2.40. The van der Waals surface area contributed by atoms with Crippen molar-refractivity contribution in [3.05, 3.63) is 59.1 Å². The van der Waals surface area contributed by atoms with Crippen molar-refractivity contribution in [2.24, 2.45) is 0 Å². The van der Waals surface area contributed by atoms with Gasteiger partial charge in [-0.2, -0.15) is 0 Å². The normalized spacial score (nSPS) is 10.7. The molecule has 0 spiro atoms. The van der Waals surface area contributed by atoms with Gasteiger partial charge in [0.2, 0.25) is 0 Å². The molecule has 5 heteroatoms. The zero-order valence-corrected chi connectivity index (χ0v) is 12.2. The molecule has 0 atom stereocenters. The number of nitrogens with two attached hydrogens (primary N) is 2. The van der Waals surface area contributed by atoms with E-state index in [1.54, 1.807) is 0 Å². The second kappa shape index (κ2) is 5.02. The summed E-state index contributed by atoms with van der Waals surface area (Å²) in [7, 11) is 0. The van der Waals surface area contributed by atoms with Gasteiger partial charge in [-0.1, -0.05) is 58.4 Å². The Morgan fingerprint density at radius 2 is 1.65 bits per heavy atom. The summed E-state index contributed by atoms with van der Waals surface area (Å²) in [5, 5.41) is 0. The van der Waals surface area contributed by atoms with Crippen LogP contribution in [0.5, 0.6) is 0 Å². The van der Waals surface area contributed by atoms with Crippen LogP contribution in [0.15, 0.2) is 59.1 Å². The van der Waals surface area contributed by atoms with Gasteiger partial charge in [0.1, 0.15) is 5.69 Å². The molecule has 0 aliphatic carbocycles. The zero-order valence-electron chi connectivity index (χ0n) is 10.6. The first-order valence-electron chi connectivity index (χ1n) is 6.11. The minimum absolute atomic E-state index is 0.446. The molecule has 3 rings (SSSR count). The number of benzene rings is 2. The number of rotatable bonds is 2. The Hall–Kier alpha value is -2.27. The molecule has 0 saturated carbocycles. The number of hydrogen-bond acceptors (Lipinski definition) is 3. The van der Waals surface area contributed by atoms with E-state index >= 15 is 0 Å². The van der Waals surface area contributed by atoms with Crippen LogP contribution in [0.1, 0.15) is 0 Å². The lowest BCUT2D eigenvalue weighted by molar-refractivity contribution is 1.02. The third kappa shape index (κ3) is 2.16. The standard InChI is InChI=1S/C15H13BrN4/c16-12-8-4-7-11(9-12)13-14(17)20(18)15(19-13)10-5-2-1-3-6-10/h1-9H,17-18H2. The van der Waals surface area contributed by atoms with Gasteiger partial charge in [0, 0.05) is 15.6 Å². The number of hydrogen-bond donors (Lipinski definition) is 2. The van der Waals surface area contributed by atoms with Crippen molar-refractivity contribution in [3.8, 4) is 22.6 Å². The molecular formula is C15H13BrN4. The Kier molecular flexibility index (Phi) is 3.20. The number of anilines is 1. The molecule has 0 radical (unpaired) electrons. The van der Waals surface area contributed by atoms with Crippen molar-refractivity contribution in [2.45, 2.75) is 0 Å². The highest BCUT2D eigenvalue weighted by Gasteiger charge is 2.15. The SMILES string of the molecule is Nc1c(-c2cccc(Br)c2)nc(-c2ccccc2)n1N. The largest absolute Gasteiger partial charge is 0.382 e. The fourth-order valence-corrected chi connectivity index (χ4v) is 2.48. The van der Waals surface area contributed by atoms with E-state index in [2.05, 4.69) is 20.9 Å². The summed E-state index contributed by atoms with van der Waals surface area (Å²) in [5.74, 6) is 7.13. The fourth-order valence-electron chi connectivity index (χ4n) is 2.08. The Bertz CT molecular complexity index is 750. The Morgan fingerprint density at radius 1 is 0.950 bits per heavy atom. The van der Waals surface area contributed by atoms with Crippen molar-refractivity contribution in [1.29, 1.82) is 0 Å². The van der Waals surface area contributed by atoms with E-state index in [4.69, 9.17) is 11.6 Å². The van der Waals surface area contributed by atoms with Gasteiger partial charge in [-0.3, -0.25) is 0 Å². The molecule has 0 saturated heterocycles. The molecule has 1 aromatic heterocycles. The van der Waals surface area contributed by atoms with Gasteiger partial charge in [0.25, 0.3) is 0 Å². The monoisotopic (exact) mass is 328 g/mol. The average molecular weight is 329 g/mol. The quantitative estimate of drug-likeness (QED) is 0.709. The summed E-state index contributed by atoms with van der Waals surface area (Å²) >= 11 is 3.45. The third-order valence-electron chi connectivity index (χ3n) is 3.08. The Labute approximate surface area is 125 Å². The van der Waals surface area contributed by atoms with Gasteiger partial charge in [-0.15, -0.1) is 0 Å². The average Bonchev–Trinajstić information content (AvgIpc) is 2.76. The van der Waals surface area contributed by atoms with E-state index in [0.717, 1.165) is 15.6 Å². The molecule has 0 fully saturated rings. The van der Waals surface area contributed by atoms with Crippen LogP contribution in [0.4, 0.5) is 5.82 Å². The predicted molar refractivity (Wildman–Crippen MR) is 85.4 cm³/mol. The molecule has 0 aliphatic rings. The van der Waals surface area contributed by atoms with E-state index in [-0.39, 0.29) is 0 Å². The van der Waals surface area contributed by atoms with Crippen molar-refractivity contribution in [3.63, 3.8) is 0 Å². The van der Waals surface area contributed by atoms with E-state index in [1.807, 2.05) is 54.6 Å². The molecule has 0 bridgehead atoms. The first-order chi connectivity index (χ1) is 9.66. The minimum Gasteiger partial charge on any atom is -0.382 e.